The normalized spacial score (nSPS) is 16.5. The Bertz CT molecular complexity index is 684. The van der Waals surface area contributed by atoms with Crippen LogP contribution in [0, 0.1) is 6.92 Å². The van der Waals surface area contributed by atoms with Crippen molar-refractivity contribution < 1.29 is 9.52 Å². The summed E-state index contributed by atoms with van der Waals surface area (Å²) in [6, 6.07) is 5.23. The molecule has 1 atom stereocenters. The molecule has 1 unspecified atom stereocenters. The van der Waals surface area contributed by atoms with Crippen molar-refractivity contribution in [3.63, 3.8) is 0 Å². The average Bonchev–Trinajstić information content (AvgIpc) is 2.27. The second-order valence-corrected chi connectivity index (χ2v) is 5.20. The molecule has 0 saturated carbocycles. The van der Waals surface area contributed by atoms with E-state index in [1.807, 2.05) is 24.0 Å². The molecule has 100 valence electrons. The number of aryl methyl sites for hydroxylation is 1. The number of rotatable bonds is 2. The maximum absolute atomic E-state index is 12.2. The van der Waals surface area contributed by atoms with E-state index in [2.05, 4.69) is 0 Å². The quantitative estimate of drug-likeness (QED) is 0.899. The Kier molecular flexibility index (Phi) is 2.82. The molecule has 1 fully saturated rings. The first kappa shape index (κ1) is 12.2. The van der Waals surface area contributed by atoms with Crippen LogP contribution >= 0.6 is 0 Å². The molecular formula is C15H17NO3. The van der Waals surface area contributed by atoms with Gasteiger partial charge in [-0.15, -0.1) is 0 Å². The molecule has 0 spiro atoms. The molecule has 0 radical (unpaired) electrons. The van der Waals surface area contributed by atoms with E-state index in [9.17, 15) is 9.90 Å². The van der Waals surface area contributed by atoms with Gasteiger partial charge in [0.15, 0.2) is 11.3 Å². The molecule has 0 amide bonds. The highest BCUT2D eigenvalue weighted by Crippen LogP contribution is 2.29. The number of anilines is 1. The molecule has 19 heavy (non-hydrogen) atoms. The number of aliphatic hydroxyl groups is 1. The Morgan fingerprint density at radius 1 is 1.32 bits per heavy atom. The van der Waals surface area contributed by atoms with Crippen LogP contribution in [0.1, 0.15) is 30.6 Å². The lowest BCUT2D eigenvalue weighted by atomic mass is 10.0. The Balaban J connectivity index is 2.29. The van der Waals surface area contributed by atoms with Crippen molar-refractivity contribution >= 4 is 16.9 Å². The fraction of sp³-hybridized carbons (Fsp3) is 0.400. The first-order valence-corrected chi connectivity index (χ1v) is 6.57. The summed E-state index contributed by atoms with van der Waals surface area (Å²) < 4.78 is 5.86. The van der Waals surface area contributed by atoms with Crippen LogP contribution in [0.2, 0.25) is 0 Å². The zero-order valence-electron chi connectivity index (χ0n) is 11.1. The van der Waals surface area contributed by atoms with Crippen LogP contribution in [-0.2, 0) is 0 Å². The van der Waals surface area contributed by atoms with Crippen molar-refractivity contribution in [3.05, 3.63) is 39.5 Å². The van der Waals surface area contributed by atoms with Crippen LogP contribution in [-0.4, -0.2) is 18.2 Å². The van der Waals surface area contributed by atoms with E-state index < -0.39 is 6.10 Å². The Hall–Kier alpha value is -1.81. The summed E-state index contributed by atoms with van der Waals surface area (Å²) in [6.45, 7) is 5.44. The Labute approximate surface area is 111 Å². The summed E-state index contributed by atoms with van der Waals surface area (Å²) in [5.41, 5.74) is 2.09. The van der Waals surface area contributed by atoms with E-state index in [0.29, 0.717) is 22.4 Å². The molecular weight excluding hydrogens is 242 g/mol. The lowest BCUT2D eigenvalue weighted by Crippen LogP contribution is -2.37. The number of hydrogen-bond donors (Lipinski definition) is 1. The van der Waals surface area contributed by atoms with Gasteiger partial charge >= 0.3 is 0 Å². The van der Waals surface area contributed by atoms with Gasteiger partial charge in [-0.2, -0.15) is 0 Å². The molecule has 1 aromatic heterocycles. The van der Waals surface area contributed by atoms with Gasteiger partial charge in [0, 0.05) is 24.7 Å². The Morgan fingerprint density at radius 3 is 2.63 bits per heavy atom. The zero-order valence-corrected chi connectivity index (χ0v) is 11.1. The lowest BCUT2D eigenvalue weighted by molar-refractivity contribution is 0.199. The largest absolute Gasteiger partial charge is 0.440 e. The van der Waals surface area contributed by atoms with Crippen molar-refractivity contribution in [2.75, 3.05) is 18.0 Å². The van der Waals surface area contributed by atoms with Crippen molar-refractivity contribution in [1.29, 1.82) is 0 Å². The first-order valence-electron chi connectivity index (χ1n) is 6.57. The zero-order chi connectivity index (χ0) is 13.6. The van der Waals surface area contributed by atoms with E-state index in [4.69, 9.17) is 4.42 Å². The summed E-state index contributed by atoms with van der Waals surface area (Å²) in [6.07, 6.45) is 0.469. The molecule has 2 heterocycles. The third-order valence-corrected chi connectivity index (χ3v) is 3.61. The second kappa shape index (κ2) is 4.38. The summed E-state index contributed by atoms with van der Waals surface area (Å²) in [7, 11) is 0. The van der Waals surface area contributed by atoms with Crippen molar-refractivity contribution in [2.24, 2.45) is 0 Å². The highest BCUT2D eigenvalue weighted by molar-refractivity contribution is 5.82. The van der Waals surface area contributed by atoms with Gasteiger partial charge in [-0.3, -0.25) is 4.79 Å². The first-order chi connectivity index (χ1) is 9.06. The van der Waals surface area contributed by atoms with Gasteiger partial charge < -0.3 is 14.4 Å². The number of aliphatic hydroxyl groups excluding tert-OH is 1. The SMILES string of the molecule is Cc1cc(C(C)O)c2oc(N3CCC3)cc(=O)c2c1. The van der Waals surface area contributed by atoms with Gasteiger partial charge in [0.05, 0.1) is 11.5 Å². The highest BCUT2D eigenvalue weighted by Gasteiger charge is 2.20. The second-order valence-electron chi connectivity index (χ2n) is 5.20. The topological polar surface area (TPSA) is 53.7 Å². The van der Waals surface area contributed by atoms with Crippen LogP contribution < -0.4 is 10.3 Å². The van der Waals surface area contributed by atoms with E-state index in [-0.39, 0.29) is 5.43 Å². The molecule has 1 aromatic carbocycles. The predicted molar refractivity (Wildman–Crippen MR) is 74.7 cm³/mol. The average molecular weight is 259 g/mol. The van der Waals surface area contributed by atoms with Crippen LogP contribution in [0.15, 0.2) is 27.4 Å². The number of hydrogen-bond acceptors (Lipinski definition) is 4. The van der Waals surface area contributed by atoms with E-state index in [0.717, 1.165) is 25.1 Å². The minimum absolute atomic E-state index is 0.0475. The Morgan fingerprint density at radius 2 is 2.05 bits per heavy atom. The van der Waals surface area contributed by atoms with Crippen molar-refractivity contribution in [3.8, 4) is 0 Å². The maximum atomic E-state index is 12.2. The molecule has 1 saturated heterocycles. The van der Waals surface area contributed by atoms with Crippen LogP contribution in [0.4, 0.5) is 5.88 Å². The smallest absolute Gasteiger partial charge is 0.200 e. The van der Waals surface area contributed by atoms with Gasteiger partial charge in [0.2, 0.25) is 0 Å². The van der Waals surface area contributed by atoms with Crippen molar-refractivity contribution in [1.82, 2.24) is 0 Å². The minimum Gasteiger partial charge on any atom is -0.440 e. The fourth-order valence-corrected chi connectivity index (χ4v) is 2.42. The molecule has 0 bridgehead atoms. The summed E-state index contributed by atoms with van der Waals surface area (Å²) in [4.78, 5) is 14.2. The molecule has 4 nitrogen and oxygen atoms in total. The van der Waals surface area contributed by atoms with Crippen LogP contribution in [0.3, 0.4) is 0 Å². The van der Waals surface area contributed by atoms with E-state index >= 15 is 0 Å². The molecule has 1 aliphatic rings. The maximum Gasteiger partial charge on any atom is 0.200 e. The number of fused-ring (bicyclic) bond motifs is 1. The third kappa shape index (κ3) is 2.02. The fourth-order valence-electron chi connectivity index (χ4n) is 2.42. The standard InChI is InChI=1S/C15H17NO3/c1-9-6-11(10(2)17)15-12(7-9)13(18)8-14(19-15)16-4-3-5-16/h6-8,10,17H,3-5H2,1-2H3. The monoisotopic (exact) mass is 259 g/mol. The van der Waals surface area contributed by atoms with Gasteiger partial charge in [0.25, 0.3) is 0 Å². The highest BCUT2D eigenvalue weighted by atomic mass is 16.4. The molecule has 1 N–H and O–H groups in total. The molecule has 3 rings (SSSR count). The van der Waals surface area contributed by atoms with Crippen LogP contribution in [0.25, 0.3) is 11.0 Å². The lowest BCUT2D eigenvalue weighted by Gasteiger charge is -2.31. The van der Waals surface area contributed by atoms with Gasteiger partial charge in [-0.25, -0.2) is 0 Å². The van der Waals surface area contributed by atoms with E-state index in [1.54, 1.807) is 13.0 Å². The number of benzene rings is 1. The minimum atomic E-state index is -0.655. The van der Waals surface area contributed by atoms with Crippen molar-refractivity contribution in [2.45, 2.75) is 26.4 Å². The number of nitrogens with zero attached hydrogens (tertiary/aromatic N) is 1. The van der Waals surface area contributed by atoms with Gasteiger partial charge in [0.1, 0.15) is 5.58 Å². The van der Waals surface area contributed by atoms with Gasteiger partial charge in [-0.05, 0) is 38.0 Å². The molecule has 1 aliphatic heterocycles. The third-order valence-electron chi connectivity index (χ3n) is 3.61. The van der Waals surface area contributed by atoms with Crippen LogP contribution in [0.5, 0.6) is 0 Å². The molecule has 0 aliphatic carbocycles. The molecule has 2 aromatic rings. The predicted octanol–water partition coefficient (Wildman–Crippen LogP) is 2.36. The summed E-state index contributed by atoms with van der Waals surface area (Å²) >= 11 is 0. The summed E-state index contributed by atoms with van der Waals surface area (Å²) in [5.74, 6) is 0.606. The van der Waals surface area contributed by atoms with E-state index in [1.165, 1.54) is 0 Å². The van der Waals surface area contributed by atoms with Gasteiger partial charge in [-0.1, -0.05) is 0 Å². The summed E-state index contributed by atoms with van der Waals surface area (Å²) in [5, 5.41) is 10.4. The molecule has 4 heteroatoms.